The van der Waals surface area contributed by atoms with Crippen molar-refractivity contribution in [3.63, 3.8) is 0 Å². The maximum absolute atomic E-state index is 10.6. The number of carbonyl (C=O) groups is 1. The van der Waals surface area contributed by atoms with Gasteiger partial charge >= 0.3 is 5.97 Å². The van der Waals surface area contributed by atoms with Gasteiger partial charge < -0.3 is 9.94 Å². The molecule has 4 nitrogen and oxygen atoms in total. The minimum atomic E-state index is -0.773. The van der Waals surface area contributed by atoms with E-state index in [1.54, 1.807) is 12.2 Å². The van der Waals surface area contributed by atoms with Crippen molar-refractivity contribution in [1.82, 2.24) is 5.48 Å². The van der Waals surface area contributed by atoms with Gasteiger partial charge in [-0.15, -0.1) is 0 Å². The van der Waals surface area contributed by atoms with Crippen LogP contribution in [0.25, 0.3) is 0 Å². The van der Waals surface area contributed by atoms with Gasteiger partial charge in [0.2, 0.25) is 0 Å². The lowest BCUT2D eigenvalue weighted by Crippen LogP contribution is -2.15. The van der Waals surface area contributed by atoms with Crippen molar-refractivity contribution in [3.8, 4) is 0 Å². The Balaban J connectivity index is 2.15. The summed E-state index contributed by atoms with van der Waals surface area (Å²) in [5, 5.41) is 8.72. The number of carboxylic acids is 1. The molecule has 64 valence electrons. The van der Waals surface area contributed by atoms with Crippen LogP contribution in [0.5, 0.6) is 0 Å². The number of nitrogens with one attached hydrogen (secondary N) is 1. The normalized spacial score (nSPS) is 26.8. The second kappa shape index (κ2) is 2.64. The van der Waals surface area contributed by atoms with Crippen molar-refractivity contribution in [3.05, 3.63) is 23.5 Å². The molecular formula is C8H9NO3. The topological polar surface area (TPSA) is 58.6 Å². The van der Waals surface area contributed by atoms with E-state index in [2.05, 4.69) is 5.48 Å². The molecule has 0 bridgehead atoms. The molecule has 0 aromatic heterocycles. The highest BCUT2D eigenvalue weighted by Gasteiger charge is 2.25. The second-order valence-electron chi connectivity index (χ2n) is 2.90. The highest BCUT2D eigenvalue weighted by molar-refractivity contribution is 5.73. The standard InChI is InChI=1S/C8H9NO3/c10-8(11)5-1-2-7-6(3-5)4-9-12-7/h1-2,5,9H,3-4H2,(H,10,11). The van der Waals surface area contributed by atoms with Crippen molar-refractivity contribution in [2.75, 3.05) is 6.54 Å². The summed E-state index contributed by atoms with van der Waals surface area (Å²) < 4.78 is 0. The average molecular weight is 167 g/mol. The van der Waals surface area contributed by atoms with Crippen molar-refractivity contribution in [1.29, 1.82) is 0 Å². The van der Waals surface area contributed by atoms with Crippen LogP contribution in [-0.4, -0.2) is 17.6 Å². The number of hydrogen-bond acceptors (Lipinski definition) is 3. The zero-order valence-corrected chi connectivity index (χ0v) is 6.41. The Hall–Kier alpha value is -1.29. The lowest BCUT2D eigenvalue weighted by molar-refractivity contribution is -0.140. The maximum Gasteiger partial charge on any atom is 0.310 e. The molecule has 2 aliphatic rings. The smallest absolute Gasteiger partial charge is 0.310 e. The van der Waals surface area contributed by atoms with Crippen LogP contribution >= 0.6 is 0 Å². The molecule has 0 saturated carbocycles. The summed E-state index contributed by atoms with van der Waals surface area (Å²) in [6.45, 7) is 0.642. The summed E-state index contributed by atoms with van der Waals surface area (Å²) >= 11 is 0. The predicted molar refractivity (Wildman–Crippen MR) is 41.0 cm³/mol. The largest absolute Gasteiger partial charge is 0.481 e. The van der Waals surface area contributed by atoms with Gasteiger partial charge in [0.15, 0.2) is 0 Å². The van der Waals surface area contributed by atoms with Crippen LogP contribution in [0.15, 0.2) is 23.5 Å². The molecule has 4 heteroatoms. The Morgan fingerprint density at radius 3 is 3.33 bits per heavy atom. The molecule has 1 aliphatic carbocycles. The lowest BCUT2D eigenvalue weighted by atomic mass is 9.94. The van der Waals surface area contributed by atoms with E-state index in [1.807, 2.05) is 0 Å². The monoisotopic (exact) mass is 167 g/mol. The molecule has 1 atom stereocenters. The van der Waals surface area contributed by atoms with Crippen molar-refractivity contribution in [2.45, 2.75) is 6.42 Å². The molecule has 0 aromatic rings. The van der Waals surface area contributed by atoms with Crippen LogP contribution in [0.2, 0.25) is 0 Å². The number of allylic oxidation sites excluding steroid dienone is 1. The fraction of sp³-hybridized carbons (Fsp3) is 0.375. The molecular weight excluding hydrogens is 158 g/mol. The molecule has 0 radical (unpaired) electrons. The first-order valence-electron chi connectivity index (χ1n) is 3.80. The molecule has 12 heavy (non-hydrogen) atoms. The SMILES string of the molecule is O=C(O)C1C=CC2=C(CNO2)C1. The van der Waals surface area contributed by atoms with E-state index in [-0.39, 0.29) is 5.92 Å². The molecule has 1 unspecified atom stereocenters. The molecule has 0 spiro atoms. The molecule has 1 heterocycles. The minimum Gasteiger partial charge on any atom is -0.481 e. The zero-order chi connectivity index (χ0) is 8.55. The molecule has 0 fully saturated rings. The van der Waals surface area contributed by atoms with Crippen LogP contribution < -0.4 is 5.48 Å². The summed E-state index contributed by atoms with van der Waals surface area (Å²) in [5.74, 6) is -0.371. The Bertz CT molecular complexity index is 280. The third-order valence-electron chi connectivity index (χ3n) is 2.08. The number of aliphatic carboxylic acids is 1. The summed E-state index contributed by atoms with van der Waals surface area (Å²) in [6.07, 6.45) is 3.94. The highest BCUT2D eigenvalue weighted by atomic mass is 16.7. The van der Waals surface area contributed by atoms with Crippen LogP contribution in [0, 0.1) is 5.92 Å². The van der Waals surface area contributed by atoms with Gasteiger partial charge in [0.05, 0.1) is 12.5 Å². The third-order valence-corrected chi connectivity index (χ3v) is 2.08. The first kappa shape index (κ1) is 7.36. The maximum atomic E-state index is 10.6. The van der Waals surface area contributed by atoms with Gasteiger partial charge in [-0.3, -0.25) is 4.79 Å². The molecule has 1 aliphatic heterocycles. The van der Waals surface area contributed by atoms with Crippen LogP contribution in [0.4, 0.5) is 0 Å². The van der Waals surface area contributed by atoms with Gasteiger partial charge in [0.25, 0.3) is 0 Å². The number of rotatable bonds is 1. The van der Waals surface area contributed by atoms with Crippen molar-refractivity contribution < 1.29 is 14.7 Å². The Morgan fingerprint density at radius 2 is 2.58 bits per heavy atom. The molecule has 2 rings (SSSR count). The Morgan fingerprint density at radius 1 is 1.75 bits per heavy atom. The van der Waals surface area contributed by atoms with E-state index in [0.717, 1.165) is 11.3 Å². The fourth-order valence-corrected chi connectivity index (χ4v) is 1.39. The van der Waals surface area contributed by atoms with E-state index in [0.29, 0.717) is 13.0 Å². The van der Waals surface area contributed by atoms with Gasteiger partial charge in [-0.05, 0) is 18.1 Å². The van der Waals surface area contributed by atoms with Crippen LogP contribution in [-0.2, 0) is 9.63 Å². The summed E-state index contributed by atoms with van der Waals surface area (Å²) in [5.41, 5.74) is 3.75. The van der Waals surface area contributed by atoms with E-state index in [1.165, 1.54) is 0 Å². The first-order valence-corrected chi connectivity index (χ1v) is 3.80. The Labute approximate surface area is 69.5 Å². The summed E-state index contributed by atoms with van der Waals surface area (Å²) in [7, 11) is 0. The van der Waals surface area contributed by atoms with Gasteiger partial charge in [-0.1, -0.05) is 6.08 Å². The molecule has 0 saturated heterocycles. The van der Waals surface area contributed by atoms with Crippen LogP contribution in [0.3, 0.4) is 0 Å². The lowest BCUT2D eigenvalue weighted by Gasteiger charge is -2.11. The Kier molecular flexibility index (Phi) is 1.62. The van der Waals surface area contributed by atoms with Crippen molar-refractivity contribution in [2.24, 2.45) is 5.92 Å². The highest BCUT2D eigenvalue weighted by Crippen LogP contribution is 2.26. The fourth-order valence-electron chi connectivity index (χ4n) is 1.39. The summed E-state index contributed by atoms with van der Waals surface area (Å²) in [4.78, 5) is 15.6. The van der Waals surface area contributed by atoms with E-state index >= 15 is 0 Å². The van der Waals surface area contributed by atoms with Gasteiger partial charge in [0, 0.05) is 0 Å². The van der Waals surface area contributed by atoms with E-state index < -0.39 is 5.97 Å². The van der Waals surface area contributed by atoms with Gasteiger partial charge in [-0.2, -0.15) is 5.48 Å². The zero-order valence-electron chi connectivity index (χ0n) is 6.41. The minimum absolute atomic E-state index is 0.382. The van der Waals surface area contributed by atoms with Gasteiger partial charge in [-0.25, -0.2) is 0 Å². The quantitative estimate of drug-likeness (QED) is 0.594. The average Bonchev–Trinajstić information content (AvgIpc) is 2.49. The third kappa shape index (κ3) is 1.10. The van der Waals surface area contributed by atoms with Gasteiger partial charge in [0.1, 0.15) is 5.76 Å². The molecule has 0 aromatic carbocycles. The number of carboxylic acid groups (broad SMARTS) is 1. The molecule has 2 N–H and O–H groups in total. The molecule has 0 amide bonds. The number of hydroxylamine groups is 1. The number of hydrogen-bond donors (Lipinski definition) is 2. The van der Waals surface area contributed by atoms with Crippen molar-refractivity contribution >= 4 is 5.97 Å². The van der Waals surface area contributed by atoms with E-state index in [4.69, 9.17) is 9.94 Å². The first-order chi connectivity index (χ1) is 5.77. The predicted octanol–water partition coefficient (Wildman–Crippen LogP) is 0.436. The van der Waals surface area contributed by atoms with E-state index in [9.17, 15) is 4.79 Å². The van der Waals surface area contributed by atoms with Crippen LogP contribution in [0.1, 0.15) is 6.42 Å². The second-order valence-corrected chi connectivity index (χ2v) is 2.90. The summed E-state index contributed by atoms with van der Waals surface area (Å²) in [6, 6.07) is 0.